The first-order valence-corrected chi connectivity index (χ1v) is 7.74. The Morgan fingerprint density at radius 3 is 2.73 bits per heavy atom. The molecular formula is C19H14N4O3. The molecule has 2 heterocycles. The summed E-state index contributed by atoms with van der Waals surface area (Å²) in [5, 5.41) is 14.4. The SMILES string of the molecule is N#Cc1ccccc1NC(=O)c1cc(C(=O)NCc2ccco2)ccn1. The van der Waals surface area contributed by atoms with Crippen LogP contribution >= 0.6 is 0 Å². The molecule has 0 unspecified atom stereocenters. The second kappa shape index (κ2) is 7.77. The molecule has 2 amide bonds. The minimum absolute atomic E-state index is 0.0726. The van der Waals surface area contributed by atoms with Crippen molar-refractivity contribution in [1.82, 2.24) is 10.3 Å². The lowest BCUT2D eigenvalue weighted by atomic mass is 10.1. The molecule has 7 heteroatoms. The van der Waals surface area contributed by atoms with Gasteiger partial charge in [0, 0.05) is 11.8 Å². The normalized spacial score (nSPS) is 9.96. The molecule has 128 valence electrons. The Hall–Kier alpha value is -3.92. The van der Waals surface area contributed by atoms with E-state index in [0.717, 1.165) is 0 Å². The van der Waals surface area contributed by atoms with Gasteiger partial charge in [-0.1, -0.05) is 12.1 Å². The van der Waals surface area contributed by atoms with Crippen molar-refractivity contribution in [2.24, 2.45) is 0 Å². The highest BCUT2D eigenvalue weighted by atomic mass is 16.3. The van der Waals surface area contributed by atoms with Crippen molar-refractivity contribution >= 4 is 17.5 Å². The molecule has 3 rings (SSSR count). The van der Waals surface area contributed by atoms with E-state index < -0.39 is 5.91 Å². The first-order chi connectivity index (χ1) is 12.7. The zero-order valence-corrected chi connectivity index (χ0v) is 13.6. The zero-order valence-electron chi connectivity index (χ0n) is 13.6. The number of carbonyl (C=O) groups excluding carboxylic acids is 2. The number of nitriles is 1. The van der Waals surface area contributed by atoms with E-state index in [1.165, 1.54) is 24.6 Å². The number of hydrogen-bond acceptors (Lipinski definition) is 5. The van der Waals surface area contributed by atoms with E-state index in [1.807, 2.05) is 6.07 Å². The van der Waals surface area contributed by atoms with Gasteiger partial charge < -0.3 is 15.1 Å². The standard InChI is InChI=1S/C19H14N4O3/c20-11-14-4-1-2-6-16(14)23-19(25)17-10-13(7-8-21-17)18(24)22-12-15-5-3-9-26-15/h1-10H,12H2,(H,22,24)(H,23,25). The van der Waals surface area contributed by atoms with E-state index >= 15 is 0 Å². The minimum atomic E-state index is -0.506. The van der Waals surface area contributed by atoms with Crippen LogP contribution in [-0.4, -0.2) is 16.8 Å². The number of amides is 2. The third kappa shape index (κ3) is 3.94. The highest BCUT2D eigenvalue weighted by molar-refractivity contribution is 6.05. The number of anilines is 1. The van der Waals surface area contributed by atoms with Crippen LogP contribution < -0.4 is 10.6 Å². The van der Waals surface area contributed by atoms with Crippen LogP contribution in [-0.2, 0) is 6.54 Å². The fraction of sp³-hybridized carbons (Fsp3) is 0.0526. The molecule has 7 nitrogen and oxygen atoms in total. The van der Waals surface area contributed by atoms with Crippen LogP contribution in [0, 0.1) is 11.3 Å². The Morgan fingerprint density at radius 1 is 1.12 bits per heavy atom. The van der Waals surface area contributed by atoms with E-state index in [0.29, 0.717) is 22.6 Å². The Bertz CT molecular complexity index is 974. The van der Waals surface area contributed by atoms with Crippen molar-refractivity contribution in [2.45, 2.75) is 6.54 Å². The third-order valence-corrected chi connectivity index (χ3v) is 3.55. The summed E-state index contributed by atoms with van der Waals surface area (Å²) in [6.45, 7) is 0.241. The van der Waals surface area contributed by atoms with Gasteiger partial charge in [-0.2, -0.15) is 5.26 Å². The molecule has 0 aliphatic carbocycles. The van der Waals surface area contributed by atoms with Gasteiger partial charge in [0.15, 0.2) is 0 Å². The lowest BCUT2D eigenvalue weighted by Gasteiger charge is -2.08. The van der Waals surface area contributed by atoms with Crippen molar-refractivity contribution in [3.05, 3.63) is 83.6 Å². The smallest absolute Gasteiger partial charge is 0.274 e. The third-order valence-electron chi connectivity index (χ3n) is 3.55. The number of para-hydroxylation sites is 1. The van der Waals surface area contributed by atoms with Crippen LogP contribution in [0.4, 0.5) is 5.69 Å². The summed E-state index contributed by atoms with van der Waals surface area (Å²) in [6.07, 6.45) is 2.91. The molecule has 0 aliphatic rings. The van der Waals surface area contributed by atoms with Gasteiger partial charge in [-0.3, -0.25) is 14.6 Å². The van der Waals surface area contributed by atoms with Gasteiger partial charge in [-0.25, -0.2) is 0 Å². The van der Waals surface area contributed by atoms with E-state index in [2.05, 4.69) is 15.6 Å². The number of hydrogen-bond donors (Lipinski definition) is 2. The largest absolute Gasteiger partial charge is 0.467 e. The van der Waals surface area contributed by atoms with Crippen LogP contribution in [0.15, 0.2) is 65.4 Å². The summed E-state index contributed by atoms with van der Waals surface area (Å²) in [7, 11) is 0. The number of carbonyl (C=O) groups is 2. The van der Waals surface area contributed by atoms with E-state index in [4.69, 9.17) is 9.68 Å². The van der Waals surface area contributed by atoms with Crippen LogP contribution in [0.3, 0.4) is 0 Å². The molecule has 0 saturated heterocycles. The topological polar surface area (TPSA) is 108 Å². The quantitative estimate of drug-likeness (QED) is 0.738. The second-order valence-corrected chi connectivity index (χ2v) is 5.30. The molecule has 1 aromatic carbocycles. The number of aromatic nitrogens is 1. The van der Waals surface area contributed by atoms with Crippen LogP contribution in [0.5, 0.6) is 0 Å². The zero-order chi connectivity index (χ0) is 18.4. The Balaban J connectivity index is 1.71. The van der Waals surface area contributed by atoms with Gasteiger partial charge in [0.1, 0.15) is 17.5 Å². The van der Waals surface area contributed by atoms with E-state index in [1.54, 1.807) is 36.4 Å². The molecule has 0 radical (unpaired) electrons. The van der Waals surface area contributed by atoms with Crippen molar-refractivity contribution in [3.63, 3.8) is 0 Å². The average Bonchev–Trinajstić information content (AvgIpc) is 3.20. The molecular weight excluding hydrogens is 332 g/mol. The van der Waals surface area contributed by atoms with Gasteiger partial charge in [0.2, 0.25) is 0 Å². The predicted molar refractivity (Wildman–Crippen MR) is 93.2 cm³/mol. The van der Waals surface area contributed by atoms with Crippen LogP contribution in [0.2, 0.25) is 0 Å². The van der Waals surface area contributed by atoms with E-state index in [-0.39, 0.29) is 18.1 Å². The maximum absolute atomic E-state index is 12.4. The van der Waals surface area contributed by atoms with Crippen molar-refractivity contribution in [2.75, 3.05) is 5.32 Å². The molecule has 0 fully saturated rings. The second-order valence-electron chi connectivity index (χ2n) is 5.30. The fourth-order valence-electron chi connectivity index (χ4n) is 2.25. The Labute approximate surface area is 149 Å². The van der Waals surface area contributed by atoms with Crippen molar-refractivity contribution in [1.29, 1.82) is 5.26 Å². The van der Waals surface area contributed by atoms with Gasteiger partial charge >= 0.3 is 0 Å². The molecule has 26 heavy (non-hydrogen) atoms. The highest BCUT2D eigenvalue weighted by Gasteiger charge is 2.13. The number of benzene rings is 1. The number of nitrogens with one attached hydrogen (secondary N) is 2. The van der Waals surface area contributed by atoms with Gasteiger partial charge in [0.05, 0.1) is 24.1 Å². The Kier molecular flexibility index (Phi) is 5.05. The van der Waals surface area contributed by atoms with E-state index in [9.17, 15) is 9.59 Å². The number of rotatable bonds is 5. The summed E-state index contributed by atoms with van der Waals surface area (Å²) < 4.78 is 5.15. The maximum atomic E-state index is 12.4. The summed E-state index contributed by atoms with van der Waals surface area (Å²) in [4.78, 5) is 28.6. The first kappa shape index (κ1) is 16.9. The summed E-state index contributed by atoms with van der Waals surface area (Å²) in [5.41, 5.74) is 1.09. The monoisotopic (exact) mass is 346 g/mol. The molecule has 0 atom stereocenters. The van der Waals surface area contributed by atoms with Gasteiger partial charge in [-0.15, -0.1) is 0 Å². The summed E-state index contributed by atoms with van der Waals surface area (Å²) in [6, 6.07) is 15.0. The Morgan fingerprint density at radius 2 is 1.96 bits per heavy atom. The minimum Gasteiger partial charge on any atom is -0.467 e. The highest BCUT2D eigenvalue weighted by Crippen LogP contribution is 2.15. The first-order valence-electron chi connectivity index (χ1n) is 7.74. The van der Waals surface area contributed by atoms with Gasteiger partial charge in [-0.05, 0) is 36.4 Å². The predicted octanol–water partition coefficient (Wildman–Crippen LogP) is 2.73. The van der Waals surface area contributed by atoms with Gasteiger partial charge in [0.25, 0.3) is 11.8 Å². The number of nitrogens with zero attached hydrogens (tertiary/aromatic N) is 2. The molecule has 3 aromatic rings. The fourth-order valence-corrected chi connectivity index (χ4v) is 2.25. The number of pyridine rings is 1. The molecule has 2 N–H and O–H groups in total. The lowest BCUT2D eigenvalue weighted by Crippen LogP contribution is -2.23. The lowest BCUT2D eigenvalue weighted by molar-refractivity contribution is 0.0948. The summed E-state index contributed by atoms with van der Waals surface area (Å²) in [5.74, 6) is -0.234. The van der Waals surface area contributed by atoms with Crippen molar-refractivity contribution in [3.8, 4) is 6.07 Å². The molecule has 2 aromatic heterocycles. The molecule has 0 spiro atoms. The summed E-state index contributed by atoms with van der Waals surface area (Å²) >= 11 is 0. The molecule has 0 aliphatic heterocycles. The van der Waals surface area contributed by atoms with Crippen molar-refractivity contribution < 1.29 is 14.0 Å². The molecule has 0 bridgehead atoms. The molecule has 0 saturated carbocycles. The van der Waals surface area contributed by atoms with Crippen LogP contribution in [0.25, 0.3) is 0 Å². The maximum Gasteiger partial charge on any atom is 0.274 e. The average molecular weight is 346 g/mol. The number of furan rings is 1. The van der Waals surface area contributed by atoms with Crippen LogP contribution in [0.1, 0.15) is 32.2 Å².